The molecule has 7 nitrogen and oxygen atoms in total. The largest absolute Gasteiger partial charge is 0.358 e. The van der Waals surface area contributed by atoms with Crippen LogP contribution in [0.15, 0.2) is 12.1 Å². The number of anilines is 1. The summed E-state index contributed by atoms with van der Waals surface area (Å²) < 4.78 is 27.6. The summed E-state index contributed by atoms with van der Waals surface area (Å²) in [6.07, 6.45) is 2.68. The topological polar surface area (TPSA) is 77.6 Å². The highest BCUT2D eigenvalue weighted by Crippen LogP contribution is 2.30. The van der Waals surface area contributed by atoms with Gasteiger partial charge in [-0.1, -0.05) is 11.3 Å². The Hall–Kier alpha value is -2.17. The van der Waals surface area contributed by atoms with Gasteiger partial charge in [-0.2, -0.15) is 0 Å². The molecule has 1 aromatic heterocycles. The van der Waals surface area contributed by atoms with E-state index in [0.717, 1.165) is 56.3 Å². The van der Waals surface area contributed by atoms with Gasteiger partial charge in [0.05, 0.1) is 17.2 Å². The number of carbonyl (C=O) groups excluding carboxylic acids is 2. The van der Waals surface area contributed by atoms with E-state index in [4.69, 9.17) is 0 Å². The summed E-state index contributed by atoms with van der Waals surface area (Å²) in [5.41, 5.74) is 0.0733. The molecule has 0 saturated carbocycles. The van der Waals surface area contributed by atoms with E-state index in [1.54, 1.807) is 7.05 Å². The number of amides is 2. The standard InChI is InChI=1S/C20H25F2N5O2S/c1-23-17(28)11-26-6-4-14(10-26)27-5-2-3-12(9-27)19(29)25-20-24-18-15(22)7-13(21)8-16(18)30-20/h7-8,12,14H,2-6,9-11H2,1H3,(H,23,28)(H,24,25,29). The second-order valence-electron chi connectivity index (χ2n) is 7.93. The zero-order valence-corrected chi connectivity index (χ0v) is 17.6. The monoisotopic (exact) mass is 437 g/mol. The average molecular weight is 438 g/mol. The summed E-state index contributed by atoms with van der Waals surface area (Å²) in [6.45, 7) is 3.69. The van der Waals surface area contributed by atoms with Crippen LogP contribution in [-0.2, 0) is 9.59 Å². The molecule has 30 heavy (non-hydrogen) atoms. The van der Waals surface area contributed by atoms with Gasteiger partial charge in [0.1, 0.15) is 11.3 Å². The lowest BCUT2D eigenvalue weighted by atomic mass is 9.95. The fraction of sp³-hybridized carbons (Fsp3) is 0.550. The molecule has 10 heteroatoms. The molecule has 0 radical (unpaired) electrons. The number of likely N-dealkylation sites (N-methyl/N-ethyl adjacent to an activating group) is 1. The minimum Gasteiger partial charge on any atom is -0.358 e. The van der Waals surface area contributed by atoms with Crippen molar-refractivity contribution in [3.05, 3.63) is 23.8 Å². The smallest absolute Gasteiger partial charge is 0.233 e. The Morgan fingerprint density at radius 3 is 2.87 bits per heavy atom. The predicted octanol–water partition coefficient (Wildman–Crippen LogP) is 2.05. The number of carbonyl (C=O) groups is 2. The van der Waals surface area contributed by atoms with Gasteiger partial charge in [-0.05, 0) is 31.9 Å². The van der Waals surface area contributed by atoms with Gasteiger partial charge < -0.3 is 10.6 Å². The van der Waals surface area contributed by atoms with E-state index >= 15 is 0 Å². The quantitative estimate of drug-likeness (QED) is 0.749. The molecule has 2 fully saturated rings. The molecule has 1 aromatic carbocycles. The van der Waals surface area contributed by atoms with Crippen LogP contribution in [-0.4, -0.2) is 72.4 Å². The van der Waals surface area contributed by atoms with Gasteiger partial charge in [-0.15, -0.1) is 0 Å². The Balaban J connectivity index is 1.36. The summed E-state index contributed by atoms with van der Waals surface area (Å²) in [5, 5.41) is 5.73. The van der Waals surface area contributed by atoms with E-state index in [2.05, 4.69) is 25.4 Å². The van der Waals surface area contributed by atoms with Gasteiger partial charge >= 0.3 is 0 Å². The number of piperidine rings is 1. The van der Waals surface area contributed by atoms with Crippen LogP contribution < -0.4 is 10.6 Å². The lowest BCUT2D eigenvalue weighted by Gasteiger charge is -2.36. The minimum absolute atomic E-state index is 0.0127. The molecule has 2 saturated heterocycles. The van der Waals surface area contributed by atoms with E-state index in [9.17, 15) is 18.4 Å². The number of aromatic nitrogens is 1. The Morgan fingerprint density at radius 2 is 2.07 bits per heavy atom. The van der Waals surface area contributed by atoms with Crippen LogP contribution in [0.1, 0.15) is 19.3 Å². The summed E-state index contributed by atoms with van der Waals surface area (Å²) >= 11 is 1.07. The number of thiazole rings is 1. The number of rotatable bonds is 5. The molecule has 2 amide bonds. The van der Waals surface area contributed by atoms with Crippen molar-refractivity contribution < 1.29 is 18.4 Å². The summed E-state index contributed by atoms with van der Waals surface area (Å²) in [6, 6.07) is 2.35. The second kappa shape index (κ2) is 8.91. The maximum absolute atomic E-state index is 13.9. The molecule has 0 aliphatic carbocycles. The summed E-state index contributed by atoms with van der Waals surface area (Å²) in [4.78, 5) is 33.0. The third-order valence-corrected chi connectivity index (χ3v) is 6.79. The number of fused-ring (bicyclic) bond motifs is 1. The highest BCUT2D eigenvalue weighted by molar-refractivity contribution is 7.22. The lowest BCUT2D eigenvalue weighted by molar-refractivity contribution is -0.122. The Bertz CT molecular complexity index is 953. The number of nitrogens with one attached hydrogen (secondary N) is 2. The van der Waals surface area contributed by atoms with Crippen molar-refractivity contribution in [3.63, 3.8) is 0 Å². The zero-order chi connectivity index (χ0) is 21.3. The molecule has 0 bridgehead atoms. The van der Waals surface area contributed by atoms with Crippen molar-refractivity contribution in [3.8, 4) is 0 Å². The first-order chi connectivity index (χ1) is 14.4. The summed E-state index contributed by atoms with van der Waals surface area (Å²) in [5.74, 6) is -1.70. The van der Waals surface area contributed by atoms with Crippen molar-refractivity contribution in [2.24, 2.45) is 5.92 Å². The van der Waals surface area contributed by atoms with Crippen LogP contribution in [0.5, 0.6) is 0 Å². The Labute approximate surface area is 177 Å². The van der Waals surface area contributed by atoms with Crippen LogP contribution in [0.4, 0.5) is 13.9 Å². The van der Waals surface area contributed by atoms with Gasteiger partial charge in [0, 0.05) is 38.8 Å². The van der Waals surface area contributed by atoms with Gasteiger partial charge in [-0.3, -0.25) is 19.4 Å². The third kappa shape index (κ3) is 4.60. The van der Waals surface area contributed by atoms with Crippen LogP contribution in [0.2, 0.25) is 0 Å². The first-order valence-electron chi connectivity index (χ1n) is 10.2. The van der Waals surface area contributed by atoms with Gasteiger partial charge in [-0.25, -0.2) is 13.8 Å². The van der Waals surface area contributed by atoms with Crippen molar-refractivity contribution >= 4 is 38.5 Å². The van der Waals surface area contributed by atoms with Crippen molar-refractivity contribution in [1.82, 2.24) is 20.1 Å². The molecular formula is C20H25F2N5O2S. The maximum Gasteiger partial charge on any atom is 0.233 e. The van der Waals surface area contributed by atoms with E-state index in [-0.39, 0.29) is 28.4 Å². The predicted molar refractivity (Wildman–Crippen MR) is 111 cm³/mol. The zero-order valence-electron chi connectivity index (χ0n) is 16.8. The van der Waals surface area contributed by atoms with Crippen LogP contribution >= 0.6 is 11.3 Å². The lowest BCUT2D eigenvalue weighted by Crippen LogP contribution is -2.47. The number of hydrogen-bond donors (Lipinski definition) is 2. The first kappa shape index (κ1) is 21.1. The van der Waals surface area contributed by atoms with Crippen LogP contribution in [0.25, 0.3) is 10.2 Å². The number of benzene rings is 1. The third-order valence-electron chi connectivity index (χ3n) is 5.88. The average Bonchev–Trinajstić information content (AvgIpc) is 3.35. The number of nitrogens with zero attached hydrogens (tertiary/aromatic N) is 3. The molecule has 3 heterocycles. The molecule has 2 N–H and O–H groups in total. The number of likely N-dealkylation sites (tertiary alicyclic amines) is 2. The number of halogens is 2. The van der Waals surface area contributed by atoms with E-state index < -0.39 is 11.6 Å². The fourth-order valence-electron chi connectivity index (χ4n) is 4.31. The molecule has 2 aliphatic rings. The normalized spacial score (nSPS) is 23.0. The van der Waals surface area contributed by atoms with E-state index in [1.165, 1.54) is 6.07 Å². The highest BCUT2D eigenvalue weighted by atomic mass is 32.1. The van der Waals surface area contributed by atoms with Crippen LogP contribution in [0.3, 0.4) is 0 Å². The molecular weight excluding hydrogens is 412 g/mol. The Kier molecular flexibility index (Phi) is 6.26. The second-order valence-corrected chi connectivity index (χ2v) is 8.96. The fourth-order valence-corrected chi connectivity index (χ4v) is 5.21. The Morgan fingerprint density at radius 1 is 1.23 bits per heavy atom. The van der Waals surface area contributed by atoms with Crippen LogP contribution in [0, 0.1) is 17.6 Å². The highest BCUT2D eigenvalue weighted by Gasteiger charge is 2.34. The summed E-state index contributed by atoms with van der Waals surface area (Å²) in [7, 11) is 1.64. The SMILES string of the molecule is CNC(=O)CN1CCC(N2CCCC(C(=O)Nc3nc4c(F)cc(F)cc4s3)C2)C1. The molecule has 4 rings (SSSR count). The van der Waals surface area contributed by atoms with Crippen molar-refractivity contribution in [1.29, 1.82) is 0 Å². The first-order valence-corrected chi connectivity index (χ1v) is 11.0. The number of hydrogen-bond acceptors (Lipinski definition) is 6. The van der Waals surface area contributed by atoms with E-state index in [1.807, 2.05) is 0 Å². The molecule has 0 spiro atoms. The van der Waals surface area contributed by atoms with Gasteiger partial charge in [0.15, 0.2) is 10.9 Å². The molecule has 2 aliphatic heterocycles. The molecule has 2 unspecified atom stereocenters. The maximum atomic E-state index is 13.9. The molecule has 2 aromatic rings. The molecule has 162 valence electrons. The van der Waals surface area contributed by atoms with Gasteiger partial charge in [0.2, 0.25) is 11.8 Å². The van der Waals surface area contributed by atoms with E-state index in [0.29, 0.717) is 23.8 Å². The van der Waals surface area contributed by atoms with Crippen molar-refractivity contribution in [2.75, 3.05) is 45.1 Å². The minimum atomic E-state index is -0.729. The molecule has 2 atom stereocenters. The van der Waals surface area contributed by atoms with Crippen molar-refractivity contribution in [2.45, 2.75) is 25.3 Å². The van der Waals surface area contributed by atoms with Gasteiger partial charge in [0.25, 0.3) is 0 Å².